The lowest BCUT2D eigenvalue weighted by Gasteiger charge is -2.43. The van der Waals surface area contributed by atoms with E-state index in [1.54, 1.807) is 0 Å². The molecule has 0 aromatic rings. The number of piperazine rings is 1. The van der Waals surface area contributed by atoms with Gasteiger partial charge in [-0.25, -0.2) is 0 Å². The maximum Gasteiger partial charge on any atom is 0.0670 e. The molecule has 20 heavy (non-hydrogen) atoms. The Hall–Kier alpha value is -0.420. The lowest BCUT2D eigenvalue weighted by atomic mass is 10.0. The minimum Gasteiger partial charge on any atom is -0.392 e. The molecule has 2 aliphatic rings. The second-order valence-electron chi connectivity index (χ2n) is 6.41. The third kappa shape index (κ3) is 4.85. The van der Waals surface area contributed by atoms with E-state index in [0.717, 1.165) is 51.6 Å². The Morgan fingerprint density at radius 1 is 1.25 bits per heavy atom. The molecule has 2 atom stereocenters. The Morgan fingerprint density at radius 3 is 2.65 bits per heavy atom. The summed E-state index contributed by atoms with van der Waals surface area (Å²) in [6.45, 7) is 11.5. The van der Waals surface area contributed by atoms with E-state index in [1.165, 1.54) is 25.9 Å². The zero-order valence-electron chi connectivity index (χ0n) is 13.0. The molecule has 116 valence electrons. The first-order valence-electron chi connectivity index (χ1n) is 8.13. The van der Waals surface area contributed by atoms with Crippen LogP contribution in [0.1, 0.15) is 25.7 Å². The third-order valence-corrected chi connectivity index (χ3v) is 4.70. The van der Waals surface area contributed by atoms with Gasteiger partial charge in [-0.2, -0.15) is 0 Å². The van der Waals surface area contributed by atoms with Crippen LogP contribution in [0.5, 0.6) is 0 Å². The van der Waals surface area contributed by atoms with Crippen LogP contribution in [0.2, 0.25) is 0 Å². The summed E-state index contributed by atoms with van der Waals surface area (Å²) in [5.74, 6) is 0. The van der Waals surface area contributed by atoms with Crippen LogP contribution in [0, 0.1) is 0 Å². The quantitative estimate of drug-likeness (QED) is 0.737. The molecule has 2 rings (SSSR count). The maximum atomic E-state index is 9.97. The van der Waals surface area contributed by atoms with Crippen LogP contribution < -0.4 is 0 Å². The molecule has 2 fully saturated rings. The van der Waals surface area contributed by atoms with E-state index in [2.05, 4.69) is 28.3 Å². The van der Waals surface area contributed by atoms with Crippen LogP contribution in [0.25, 0.3) is 0 Å². The van der Waals surface area contributed by atoms with Gasteiger partial charge in [0.25, 0.3) is 0 Å². The van der Waals surface area contributed by atoms with E-state index in [4.69, 9.17) is 0 Å². The molecular weight excluding hydrogens is 250 g/mol. The summed E-state index contributed by atoms with van der Waals surface area (Å²) < 4.78 is 0. The van der Waals surface area contributed by atoms with Gasteiger partial charge in [-0.05, 0) is 39.3 Å². The van der Waals surface area contributed by atoms with Gasteiger partial charge in [0.1, 0.15) is 0 Å². The molecule has 0 amide bonds. The highest BCUT2D eigenvalue weighted by molar-refractivity contribution is 4.84. The lowest BCUT2D eigenvalue weighted by molar-refractivity contribution is 0.0358. The molecule has 4 heteroatoms. The van der Waals surface area contributed by atoms with Crippen molar-refractivity contribution in [1.29, 1.82) is 0 Å². The van der Waals surface area contributed by atoms with E-state index in [9.17, 15) is 5.11 Å². The van der Waals surface area contributed by atoms with Crippen molar-refractivity contribution < 1.29 is 5.11 Å². The topological polar surface area (TPSA) is 30.0 Å². The normalized spacial score (nSPS) is 28.4. The Bertz CT molecular complexity index is 289. The summed E-state index contributed by atoms with van der Waals surface area (Å²) in [5, 5.41) is 9.97. The summed E-state index contributed by atoms with van der Waals surface area (Å²) in [4.78, 5) is 7.53. The highest BCUT2D eigenvalue weighted by Gasteiger charge is 2.27. The van der Waals surface area contributed by atoms with Gasteiger partial charge in [-0.1, -0.05) is 6.08 Å². The average Bonchev–Trinajstić information content (AvgIpc) is 2.46. The largest absolute Gasteiger partial charge is 0.392 e. The highest BCUT2D eigenvalue weighted by Crippen LogP contribution is 2.17. The first-order valence-corrected chi connectivity index (χ1v) is 8.13. The summed E-state index contributed by atoms with van der Waals surface area (Å²) >= 11 is 0. The number of allylic oxidation sites excluding steroid dienone is 1. The lowest BCUT2D eigenvalue weighted by Crippen LogP contribution is -2.55. The molecule has 0 aromatic heterocycles. The predicted octanol–water partition coefficient (Wildman–Crippen LogP) is 1.03. The molecule has 2 heterocycles. The van der Waals surface area contributed by atoms with Gasteiger partial charge < -0.3 is 10.0 Å². The zero-order chi connectivity index (χ0) is 14.4. The predicted molar refractivity (Wildman–Crippen MR) is 84.0 cm³/mol. The van der Waals surface area contributed by atoms with E-state index in [0.29, 0.717) is 0 Å². The molecule has 2 saturated heterocycles. The second-order valence-corrected chi connectivity index (χ2v) is 6.41. The molecular formula is C16H31N3O. The van der Waals surface area contributed by atoms with Crippen molar-refractivity contribution in [3.05, 3.63) is 12.7 Å². The molecule has 0 radical (unpaired) electrons. The van der Waals surface area contributed by atoms with Crippen molar-refractivity contribution in [3.8, 4) is 0 Å². The van der Waals surface area contributed by atoms with Crippen molar-refractivity contribution in [2.45, 2.75) is 37.8 Å². The van der Waals surface area contributed by atoms with E-state index in [1.807, 2.05) is 6.08 Å². The first kappa shape index (κ1) is 16.0. The Labute approximate surface area is 124 Å². The van der Waals surface area contributed by atoms with Crippen molar-refractivity contribution in [2.75, 3.05) is 52.9 Å². The van der Waals surface area contributed by atoms with Gasteiger partial charge in [0.2, 0.25) is 0 Å². The van der Waals surface area contributed by atoms with Crippen molar-refractivity contribution >= 4 is 0 Å². The van der Waals surface area contributed by atoms with Gasteiger partial charge in [0, 0.05) is 45.3 Å². The molecule has 0 spiro atoms. The standard InChI is InChI=1S/C16H31N3O/c1-3-4-7-16(20)14-18-9-11-19(12-10-18)15-6-5-8-17(2)13-15/h3,15-16,20H,1,4-14H2,2H3. The maximum absolute atomic E-state index is 9.97. The van der Waals surface area contributed by atoms with Crippen LogP contribution in [0.4, 0.5) is 0 Å². The number of likely N-dealkylation sites (N-methyl/N-ethyl adjacent to an activating group) is 1. The van der Waals surface area contributed by atoms with Crippen molar-refractivity contribution in [3.63, 3.8) is 0 Å². The van der Waals surface area contributed by atoms with Crippen LogP contribution >= 0.6 is 0 Å². The highest BCUT2D eigenvalue weighted by atomic mass is 16.3. The summed E-state index contributed by atoms with van der Waals surface area (Å²) in [6.07, 6.45) is 6.14. The number of hydrogen-bond acceptors (Lipinski definition) is 4. The summed E-state index contributed by atoms with van der Waals surface area (Å²) in [6, 6.07) is 0.751. The van der Waals surface area contributed by atoms with E-state index >= 15 is 0 Å². The number of piperidine rings is 1. The number of aliphatic hydroxyl groups excluding tert-OH is 1. The number of hydrogen-bond donors (Lipinski definition) is 1. The van der Waals surface area contributed by atoms with Gasteiger partial charge >= 0.3 is 0 Å². The molecule has 0 bridgehead atoms. The Kier molecular flexibility index (Phi) is 6.49. The zero-order valence-corrected chi connectivity index (χ0v) is 13.0. The number of likely N-dealkylation sites (tertiary alicyclic amines) is 1. The molecule has 4 nitrogen and oxygen atoms in total. The summed E-state index contributed by atoms with van der Waals surface area (Å²) in [5.41, 5.74) is 0. The fraction of sp³-hybridized carbons (Fsp3) is 0.875. The fourth-order valence-corrected chi connectivity index (χ4v) is 3.45. The molecule has 0 aliphatic carbocycles. The Balaban J connectivity index is 1.68. The average molecular weight is 281 g/mol. The molecule has 0 aromatic carbocycles. The number of rotatable bonds is 6. The van der Waals surface area contributed by atoms with Gasteiger partial charge in [-0.3, -0.25) is 9.80 Å². The number of aliphatic hydroxyl groups is 1. The number of nitrogens with zero attached hydrogens (tertiary/aromatic N) is 3. The van der Waals surface area contributed by atoms with Gasteiger partial charge in [-0.15, -0.1) is 6.58 Å². The van der Waals surface area contributed by atoms with Gasteiger partial charge in [0.05, 0.1) is 6.10 Å². The fourth-order valence-electron chi connectivity index (χ4n) is 3.45. The SMILES string of the molecule is C=CCCC(O)CN1CCN(C2CCCN(C)C2)CC1. The van der Waals surface area contributed by atoms with Crippen LogP contribution in [0.3, 0.4) is 0 Å². The van der Waals surface area contributed by atoms with Crippen LogP contribution in [-0.2, 0) is 0 Å². The summed E-state index contributed by atoms with van der Waals surface area (Å²) in [7, 11) is 2.23. The van der Waals surface area contributed by atoms with Crippen molar-refractivity contribution in [2.24, 2.45) is 0 Å². The molecule has 2 unspecified atom stereocenters. The van der Waals surface area contributed by atoms with Crippen LogP contribution in [-0.4, -0.2) is 84.8 Å². The first-order chi connectivity index (χ1) is 9.69. The molecule has 2 aliphatic heterocycles. The molecule has 0 saturated carbocycles. The minimum absolute atomic E-state index is 0.194. The molecule has 1 N–H and O–H groups in total. The van der Waals surface area contributed by atoms with Gasteiger partial charge in [0.15, 0.2) is 0 Å². The van der Waals surface area contributed by atoms with E-state index < -0.39 is 0 Å². The minimum atomic E-state index is -0.194. The number of β-amino-alcohol motifs (C(OH)–C–C–N with tert-alkyl or cyclic N) is 1. The Morgan fingerprint density at radius 2 is 2.00 bits per heavy atom. The van der Waals surface area contributed by atoms with Crippen molar-refractivity contribution in [1.82, 2.24) is 14.7 Å². The van der Waals surface area contributed by atoms with E-state index in [-0.39, 0.29) is 6.10 Å². The monoisotopic (exact) mass is 281 g/mol. The third-order valence-electron chi connectivity index (χ3n) is 4.70. The van der Waals surface area contributed by atoms with Crippen LogP contribution in [0.15, 0.2) is 12.7 Å². The smallest absolute Gasteiger partial charge is 0.0670 e. The second kappa shape index (κ2) is 8.13.